The van der Waals surface area contributed by atoms with Crippen LogP contribution in [0.25, 0.3) is 0 Å². The lowest BCUT2D eigenvalue weighted by atomic mass is 9.80. The van der Waals surface area contributed by atoms with E-state index in [1.165, 1.54) is 0 Å². The van der Waals surface area contributed by atoms with Crippen LogP contribution < -0.4 is 5.32 Å². The van der Waals surface area contributed by atoms with Gasteiger partial charge in [0.05, 0.1) is 10.7 Å². The second kappa shape index (κ2) is 5.64. The van der Waals surface area contributed by atoms with E-state index in [4.69, 9.17) is 4.98 Å². The number of nitrogens with one attached hydrogen (secondary N) is 1. The van der Waals surface area contributed by atoms with Crippen LogP contribution in [0.3, 0.4) is 0 Å². The minimum Gasteiger partial charge on any atom is -0.296 e. The van der Waals surface area contributed by atoms with E-state index in [9.17, 15) is 9.59 Å². The molecule has 4 nitrogen and oxygen atoms in total. The van der Waals surface area contributed by atoms with Crippen LogP contribution in [0.1, 0.15) is 63.6 Å². The molecular formula is C15H22N2O2S. The molecule has 0 saturated carbocycles. The molecular weight excluding hydrogens is 272 g/mol. The van der Waals surface area contributed by atoms with Crippen LogP contribution in [0.4, 0.5) is 0 Å². The van der Waals surface area contributed by atoms with Gasteiger partial charge in [-0.15, -0.1) is 11.3 Å². The van der Waals surface area contributed by atoms with Crippen LogP contribution in [-0.4, -0.2) is 16.8 Å². The molecule has 110 valence electrons. The number of hydrogen-bond donors (Lipinski definition) is 1. The van der Waals surface area contributed by atoms with Crippen molar-refractivity contribution in [2.45, 2.75) is 58.3 Å². The fraction of sp³-hybridized carbons (Fsp3) is 0.667. The molecule has 2 amide bonds. The standard InChI is InChI=1S/C15H22N2O2S/c1-5-6-9-10(7-12(18)17-13(9)19)11-8-20-14(16-11)15(2,3)4/h8-10H,5-7H2,1-4H3,(H,17,18,19). The van der Waals surface area contributed by atoms with Crippen molar-refractivity contribution in [2.75, 3.05) is 0 Å². The van der Waals surface area contributed by atoms with E-state index in [2.05, 4.69) is 33.0 Å². The van der Waals surface area contributed by atoms with Gasteiger partial charge in [0.1, 0.15) is 0 Å². The zero-order chi connectivity index (χ0) is 14.9. The molecule has 20 heavy (non-hydrogen) atoms. The van der Waals surface area contributed by atoms with Gasteiger partial charge in [0.2, 0.25) is 11.8 Å². The van der Waals surface area contributed by atoms with Crippen molar-refractivity contribution in [3.63, 3.8) is 0 Å². The Bertz CT molecular complexity index is 516. The Hall–Kier alpha value is -1.23. The SMILES string of the molecule is CCCC1C(=O)NC(=O)CC1c1csc(C(C)(C)C)n1. The third-order valence-corrected chi connectivity index (χ3v) is 4.92. The smallest absolute Gasteiger partial charge is 0.230 e. The minimum atomic E-state index is -0.183. The number of amides is 2. The summed E-state index contributed by atoms with van der Waals surface area (Å²) in [5, 5.41) is 5.52. The largest absolute Gasteiger partial charge is 0.296 e. The number of carbonyl (C=O) groups excluding carboxylic acids is 2. The fourth-order valence-electron chi connectivity index (χ4n) is 2.56. The topological polar surface area (TPSA) is 59.1 Å². The maximum atomic E-state index is 12.0. The van der Waals surface area contributed by atoms with Crippen molar-refractivity contribution in [1.29, 1.82) is 0 Å². The highest BCUT2D eigenvalue weighted by Crippen LogP contribution is 2.36. The maximum Gasteiger partial charge on any atom is 0.230 e. The van der Waals surface area contributed by atoms with Crippen LogP contribution in [0.15, 0.2) is 5.38 Å². The van der Waals surface area contributed by atoms with Gasteiger partial charge in [0.15, 0.2) is 0 Å². The van der Waals surface area contributed by atoms with E-state index in [1.807, 2.05) is 5.38 Å². The molecule has 1 saturated heterocycles. The Morgan fingerprint density at radius 3 is 2.65 bits per heavy atom. The molecule has 1 aromatic heterocycles. The molecule has 0 aliphatic carbocycles. The molecule has 2 atom stereocenters. The lowest BCUT2D eigenvalue weighted by Crippen LogP contribution is -2.44. The first-order valence-electron chi connectivity index (χ1n) is 7.12. The van der Waals surface area contributed by atoms with Gasteiger partial charge in [-0.1, -0.05) is 34.1 Å². The van der Waals surface area contributed by atoms with Crippen molar-refractivity contribution in [3.8, 4) is 0 Å². The second-order valence-electron chi connectivity index (χ2n) is 6.45. The number of rotatable bonds is 3. The molecule has 1 aliphatic heterocycles. The van der Waals surface area contributed by atoms with Crippen LogP contribution in [-0.2, 0) is 15.0 Å². The summed E-state index contributed by atoms with van der Waals surface area (Å²) in [5.41, 5.74) is 0.908. The number of piperidine rings is 1. The summed E-state index contributed by atoms with van der Waals surface area (Å²) >= 11 is 1.62. The number of carbonyl (C=O) groups is 2. The van der Waals surface area contributed by atoms with Crippen molar-refractivity contribution in [1.82, 2.24) is 10.3 Å². The van der Waals surface area contributed by atoms with Gasteiger partial charge in [-0.3, -0.25) is 14.9 Å². The average Bonchev–Trinajstić information content (AvgIpc) is 2.81. The molecule has 0 bridgehead atoms. The number of hydrogen-bond acceptors (Lipinski definition) is 4. The monoisotopic (exact) mass is 294 g/mol. The van der Waals surface area contributed by atoms with Crippen molar-refractivity contribution in [2.24, 2.45) is 5.92 Å². The lowest BCUT2D eigenvalue weighted by Gasteiger charge is -2.28. The zero-order valence-corrected chi connectivity index (χ0v) is 13.3. The Morgan fingerprint density at radius 1 is 1.40 bits per heavy atom. The average molecular weight is 294 g/mol. The van der Waals surface area contributed by atoms with Crippen LogP contribution >= 0.6 is 11.3 Å². The van der Waals surface area contributed by atoms with Gasteiger partial charge in [0, 0.05) is 29.1 Å². The van der Waals surface area contributed by atoms with Gasteiger partial charge >= 0.3 is 0 Å². The minimum absolute atomic E-state index is 0.00407. The van der Waals surface area contributed by atoms with Gasteiger partial charge in [0.25, 0.3) is 0 Å². The molecule has 1 fully saturated rings. The fourth-order valence-corrected chi connectivity index (χ4v) is 3.53. The van der Waals surface area contributed by atoms with E-state index in [-0.39, 0.29) is 29.1 Å². The molecule has 5 heteroatoms. The Balaban J connectivity index is 2.29. The summed E-state index contributed by atoms with van der Waals surface area (Å²) < 4.78 is 0. The quantitative estimate of drug-likeness (QED) is 0.872. The van der Waals surface area contributed by atoms with E-state index >= 15 is 0 Å². The zero-order valence-electron chi connectivity index (χ0n) is 12.5. The molecule has 2 rings (SSSR count). The van der Waals surface area contributed by atoms with E-state index in [1.54, 1.807) is 11.3 Å². The van der Waals surface area contributed by atoms with E-state index < -0.39 is 0 Å². The summed E-state index contributed by atoms with van der Waals surface area (Å²) in [6.45, 7) is 8.43. The van der Waals surface area contributed by atoms with Crippen LogP contribution in [0, 0.1) is 5.92 Å². The van der Waals surface area contributed by atoms with E-state index in [0.717, 1.165) is 23.5 Å². The molecule has 1 aliphatic rings. The highest BCUT2D eigenvalue weighted by atomic mass is 32.1. The van der Waals surface area contributed by atoms with Crippen LogP contribution in [0.5, 0.6) is 0 Å². The van der Waals surface area contributed by atoms with Gasteiger partial charge in [-0.05, 0) is 6.42 Å². The highest BCUT2D eigenvalue weighted by molar-refractivity contribution is 7.09. The Kier molecular flexibility index (Phi) is 4.28. The van der Waals surface area contributed by atoms with Gasteiger partial charge in [-0.2, -0.15) is 0 Å². The molecule has 2 unspecified atom stereocenters. The predicted molar refractivity (Wildman–Crippen MR) is 79.7 cm³/mol. The summed E-state index contributed by atoms with van der Waals surface area (Å²) in [6, 6.07) is 0. The first-order valence-corrected chi connectivity index (χ1v) is 8.00. The third-order valence-electron chi connectivity index (χ3n) is 3.63. The second-order valence-corrected chi connectivity index (χ2v) is 7.30. The first-order chi connectivity index (χ1) is 9.32. The summed E-state index contributed by atoms with van der Waals surface area (Å²) in [7, 11) is 0. The first kappa shape index (κ1) is 15.2. The van der Waals surface area contributed by atoms with Crippen molar-refractivity contribution in [3.05, 3.63) is 16.1 Å². The lowest BCUT2D eigenvalue weighted by molar-refractivity contribution is -0.137. The molecule has 0 radical (unpaired) electrons. The van der Waals surface area contributed by atoms with Crippen molar-refractivity contribution < 1.29 is 9.59 Å². The molecule has 1 N–H and O–H groups in total. The predicted octanol–water partition coefficient (Wildman–Crippen LogP) is 2.99. The molecule has 0 spiro atoms. The number of aromatic nitrogens is 1. The Morgan fingerprint density at radius 2 is 2.10 bits per heavy atom. The normalized spacial score (nSPS) is 23.8. The molecule has 1 aromatic rings. The maximum absolute atomic E-state index is 12.0. The van der Waals surface area contributed by atoms with Gasteiger partial charge < -0.3 is 0 Å². The summed E-state index contributed by atoms with van der Waals surface area (Å²) in [6.07, 6.45) is 2.09. The van der Waals surface area contributed by atoms with Crippen molar-refractivity contribution >= 4 is 23.2 Å². The summed E-state index contributed by atoms with van der Waals surface area (Å²) in [5.74, 6) is -0.521. The molecule has 2 heterocycles. The summed E-state index contributed by atoms with van der Waals surface area (Å²) in [4.78, 5) is 28.4. The number of imide groups is 1. The van der Waals surface area contributed by atoms with Gasteiger partial charge in [-0.25, -0.2) is 4.98 Å². The Labute approximate surface area is 124 Å². The van der Waals surface area contributed by atoms with Crippen LogP contribution in [0.2, 0.25) is 0 Å². The number of thiazole rings is 1. The molecule has 0 aromatic carbocycles. The van der Waals surface area contributed by atoms with E-state index in [0.29, 0.717) is 6.42 Å². The third kappa shape index (κ3) is 3.08. The number of nitrogens with zero attached hydrogens (tertiary/aromatic N) is 1. The highest BCUT2D eigenvalue weighted by Gasteiger charge is 2.37.